The second kappa shape index (κ2) is 7.49. The van der Waals surface area contributed by atoms with Crippen LogP contribution < -0.4 is 45.9 Å². The SMILES string of the molecule is Nc1ccn([C@@H]2O[C@@H](COP(=O)([O-])O)[C@H](O)[C@@H]2O)c(=O)n1.[Na+]. The number of anilines is 1. The van der Waals surface area contributed by atoms with Gasteiger partial charge in [0.05, 0.1) is 6.61 Å². The molecule has 5 N–H and O–H groups in total. The van der Waals surface area contributed by atoms with E-state index in [4.69, 9.17) is 15.4 Å². The number of phosphoric acid groups is 1. The zero-order chi connectivity index (χ0) is 15.8. The molecule has 1 aliphatic rings. The number of ether oxygens (including phenoxy) is 1. The Labute approximate surface area is 146 Å². The summed E-state index contributed by atoms with van der Waals surface area (Å²) in [6.07, 6.45) is -4.39. The molecule has 5 atom stereocenters. The van der Waals surface area contributed by atoms with Gasteiger partial charge in [-0.1, -0.05) is 0 Å². The molecule has 2 heterocycles. The molecule has 1 aromatic heterocycles. The van der Waals surface area contributed by atoms with Crippen molar-refractivity contribution in [2.45, 2.75) is 24.5 Å². The average Bonchev–Trinajstić information content (AvgIpc) is 2.64. The first-order valence-corrected chi connectivity index (χ1v) is 7.23. The van der Waals surface area contributed by atoms with Gasteiger partial charge in [0, 0.05) is 6.20 Å². The fraction of sp³-hybridized carbons (Fsp3) is 0.556. The molecule has 0 saturated carbocycles. The summed E-state index contributed by atoms with van der Waals surface area (Å²) in [7, 11) is -4.99. The quantitative estimate of drug-likeness (QED) is 0.303. The summed E-state index contributed by atoms with van der Waals surface area (Å²) >= 11 is 0. The summed E-state index contributed by atoms with van der Waals surface area (Å²) < 4.78 is 20.7. The second-order valence-corrected chi connectivity index (χ2v) is 5.55. The maximum absolute atomic E-state index is 11.6. The summed E-state index contributed by atoms with van der Waals surface area (Å²) in [6, 6.07) is 1.28. The van der Waals surface area contributed by atoms with E-state index in [1.54, 1.807) is 0 Å². The van der Waals surface area contributed by atoms with Crippen LogP contribution >= 0.6 is 7.82 Å². The Bertz CT molecular complexity index is 621. The smallest absolute Gasteiger partial charge is 0.756 e. The van der Waals surface area contributed by atoms with Gasteiger partial charge in [0.25, 0.3) is 7.82 Å². The monoisotopic (exact) mass is 345 g/mol. The Hall–Kier alpha value is -0.330. The predicted molar refractivity (Wildman–Crippen MR) is 64.6 cm³/mol. The van der Waals surface area contributed by atoms with Crippen LogP contribution in [0.25, 0.3) is 0 Å². The number of hydrogen-bond acceptors (Lipinski definition) is 9. The third kappa shape index (κ3) is 4.59. The molecule has 1 saturated heterocycles. The van der Waals surface area contributed by atoms with Gasteiger partial charge in [0.1, 0.15) is 24.1 Å². The van der Waals surface area contributed by atoms with E-state index in [-0.39, 0.29) is 35.4 Å². The topological polar surface area (TPSA) is 180 Å². The van der Waals surface area contributed by atoms with Crippen LogP contribution in [0.1, 0.15) is 6.23 Å². The van der Waals surface area contributed by atoms with Crippen LogP contribution in [-0.2, 0) is 13.8 Å². The number of hydrogen-bond donors (Lipinski definition) is 4. The van der Waals surface area contributed by atoms with Gasteiger partial charge in [-0.25, -0.2) is 4.79 Å². The number of aliphatic hydroxyl groups is 2. The third-order valence-electron chi connectivity index (χ3n) is 2.86. The Morgan fingerprint density at radius 3 is 2.68 bits per heavy atom. The van der Waals surface area contributed by atoms with E-state index in [0.29, 0.717) is 0 Å². The molecule has 2 rings (SSSR count). The number of aromatic nitrogens is 2. The van der Waals surface area contributed by atoms with Crippen molar-refractivity contribution in [3.05, 3.63) is 22.7 Å². The Kier molecular flexibility index (Phi) is 6.72. The summed E-state index contributed by atoms with van der Waals surface area (Å²) in [5.74, 6) is -0.0308. The summed E-state index contributed by atoms with van der Waals surface area (Å²) in [5.41, 5.74) is 4.50. The van der Waals surface area contributed by atoms with Crippen molar-refractivity contribution in [3.63, 3.8) is 0 Å². The van der Waals surface area contributed by atoms with Crippen molar-refractivity contribution in [1.29, 1.82) is 0 Å². The minimum Gasteiger partial charge on any atom is -0.756 e. The maximum atomic E-state index is 11.6. The van der Waals surface area contributed by atoms with E-state index in [9.17, 15) is 24.5 Å². The first-order valence-electron chi connectivity index (χ1n) is 5.73. The molecule has 11 nitrogen and oxygen atoms in total. The van der Waals surface area contributed by atoms with Crippen LogP contribution in [-0.4, -0.2) is 49.6 Å². The van der Waals surface area contributed by atoms with Crippen molar-refractivity contribution < 1.29 is 63.4 Å². The first kappa shape index (κ1) is 19.7. The van der Waals surface area contributed by atoms with Crippen LogP contribution in [0, 0.1) is 0 Å². The fourth-order valence-corrected chi connectivity index (χ4v) is 2.22. The largest absolute Gasteiger partial charge is 1.00 e. The first-order chi connectivity index (χ1) is 9.69. The van der Waals surface area contributed by atoms with Crippen LogP contribution in [0.15, 0.2) is 17.1 Å². The zero-order valence-electron chi connectivity index (χ0n) is 11.5. The van der Waals surface area contributed by atoms with Crippen molar-refractivity contribution in [3.8, 4) is 0 Å². The molecule has 118 valence electrons. The number of nitrogen functional groups attached to an aromatic ring is 1. The zero-order valence-corrected chi connectivity index (χ0v) is 14.4. The summed E-state index contributed by atoms with van der Waals surface area (Å²) in [6.45, 7) is -0.719. The van der Waals surface area contributed by atoms with E-state index in [1.807, 2.05) is 0 Å². The van der Waals surface area contributed by atoms with Gasteiger partial charge in [-0.15, -0.1) is 0 Å². The minimum atomic E-state index is -4.99. The van der Waals surface area contributed by atoms with E-state index in [0.717, 1.165) is 4.57 Å². The van der Waals surface area contributed by atoms with Crippen molar-refractivity contribution in [2.75, 3.05) is 12.3 Å². The van der Waals surface area contributed by atoms with E-state index in [2.05, 4.69) is 9.51 Å². The van der Waals surface area contributed by atoms with Gasteiger partial charge in [0.2, 0.25) is 0 Å². The molecule has 1 aliphatic heterocycles. The molecular weight excluding hydrogens is 332 g/mol. The second-order valence-electron chi connectivity index (χ2n) is 4.35. The number of nitrogens with zero attached hydrogens (tertiary/aromatic N) is 2. The molecule has 13 heteroatoms. The van der Waals surface area contributed by atoms with Gasteiger partial charge in [-0.2, -0.15) is 4.98 Å². The fourth-order valence-electron chi connectivity index (χ4n) is 1.88. The number of phosphoric ester groups is 1. The molecular formula is C9H13N3NaO8P. The molecule has 1 fully saturated rings. The predicted octanol–water partition coefficient (Wildman–Crippen LogP) is -6.07. The molecule has 0 aliphatic carbocycles. The van der Waals surface area contributed by atoms with Gasteiger partial charge in [0.15, 0.2) is 6.23 Å². The average molecular weight is 345 g/mol. The van der Waals surface area contributed by atoms with Crippen molar-refractivity contribution >= 4 is 13.6 Å². The van der Waals surface area contributed by atoms with Crippen LogP contribution in [0.3, 0.4) is 0 Å². The van der Waals surface area contributed by atoms with Gasteiger partial charge < -0.3 is 35.0 Å². The van der Waals surface area contributed by atoms with Crippen molar-refractivity contribution in [2.24, 2.45) is 0 Å². The maximum Gasteiger partial charge on any atom is 1.00 e. The molecule has 22 heavy (non-hydrogen) atoms. The molecule has 0 radical (unpaired) electrons. The Balaban J connectivity index is 0.00000242. The standard InChI is InChI=1S/C9H14N3O8P.Na/c10-5-1-2-12(9(15)11-5)8-7(14)6(13)4(20-8)3-19-21(16,17)18;/h1-2,4,6-8,13-14H,3H2,(H2,10,11,15)(H2,16,17,18);/q;+1/p-1/t4-,6-,7-,8+;/m0./s1. The number of rotatable bonds is 4. The third-order valence-corrected chi connectivity index (χ3v) is 3.34. The van der Waals surface area contributed by atoms with E-state index >= 15 is 0 Å². The normalized spacial score (nSPS) is 30.5. The van der Waals surface area contributed by atoms with Crippen LogP contribution in [0.5, 0.6) is 0 Å². The molecule has 1 aromatic rings. The van der Waals surface area contributed by atoms with Crippen molar-refractivity contribution in [1.82, 2.24) is 9.55 Å². The molecule has 0 bridgehead atoms. The number of nitrogens with two attached hydrogens (primary N) is 1. The molecule has 0 amide bonds. The number of aliphatic hydroxyl groups excluding tert-OH is 2. The molecule has 1 unspecified atom stereocenters. The summed E-state index contributed by atoms with van der Waals surface area (Å²) in [5, 5.41) is 19.6. The van der Waals surface area contributed by atoms with E-state index in [1.165, 1.54) is 12.3 Å². The Morgan fingerprint density at radius 2 is 2.14 bits per heavy atom. The van der Waals surface area contributed by atoms with E-state index < -0.39 is 44.7 Å². The van der Waals surface area contributed by atoms with Crippen LogP contribution in [0.4, 0.5) is 5.82 Å². The van der Waals surface area contributed by atoms with Gasteiger partial charge in [-0.3, -0.25) is 9.13 Å². The molecule has 0 aromatic carbocycles. The molecule has 0 spiro atoms. The minimum absolute atomic E-state index is 0. The van der Waals surface area contributed by atoms with Crippen LogP contribution in [0.2, 0.25) is 0 Å². The van der Waals surface area contributed by atoms with Gasteiger partial charge in [-0.05, 0) is 6.07 Å². The summed E-state index contributed by atoms with van der Waals surface area (Å²) in [4.78, 5) is 34.1. The van der Waals surface area contributed by atoms with Gasteiger partial charge >= 0.3 is 35.2 Å². The Morgan fingerprint density at radius 1 is 1.50 bits per heavy atom.